The van der Waals surface area contributed by atoms with Crippen molar-refractivity contribution in [2.75, 3.05) is 5.32 Å². The predicted octanol–water partition coefficient (Wildman–Crippen LogP) is 4.42. The van der Waals surface area contributed by atoms with Gasteiger partial charge in [0.1, 0.15) is 23.6 Å². The fourth-order valence-electron chi connectivity index (χ4n) is 3.48. The zero-order valence-electron chi connectivity index (χ0n) is 12.9. The van der Waals surface area contributed by atoms with E-state index in [1.807, 2.05) is 24.3 Å². The van der Waals surface area contributed by atoms with Crippen LogP contribution in [0, 0.1) is 11.6 Å². The Labute approximate surface area is 141 Å². The first-order valence-corrected chi connectivity index (χ1v) is 7.86. The molecule has 4 aromatic rings. The van der Waals surface area contributed by atoms with Crippen molar-refractivity contribution >= 4 is 16.7 Å². The second-order valence-electron chi connectivity index (χ2n) is 5.95. The molecule has 0 spiro atoms. The summed E-state index contributed by atoms with van der Waals surface area (Å²) in [4.78, 5) is 11.8. The number of fused-ring (bicyclic) bond motifs is 2. The van der Waals surface area contributed by atoms with Crippen molar-refractivity contribution in [2.45, 2.75) is 6.04 Å². The van der Waals surface area contributed by atoms with Crippen molar-refractivity contribution in [1.82, 2.24) is 15.0 Å². The molecule has 4 nitrogen and oxygen atoms in total. The molecule has 1 aliphatic heterocycles. The lowest BCUT2D eigenvalue weighted by molar-refractivity contribution is 0.550. The van der Waals surface area contributed by atoms with Crippen molar-refractivity contribution < 1.29 is 8.78 Å². The summed E-state index contributed by atoms with van der Waals surface area (Å²) in [7, 11) is 0. The van der Waals surface area contributed by atoms with Crippen LogP contribution in [0.15, 0.2) is 55.0 Å². The molecule has 0 aliphatic carbocycles. The highest BCUT2D eigenvalue weighted by molar-refractivity contribution is 5.99. The Bertz CT molecular complexity index is 1100. The minimum absolute atomic E-state index is 0.0186. The number of halogens is 2. The van der Waals surface area contributed by atoms with E-state index in [0.29, 0.717) is 11.2 Å². The number of para-hydroxylation sites is 1. The lowest BCUT2D eigenvalue weighted by Gasteiger charge is -2.20. The Kier molecular flexibility index (Phi) is 2.88. The molecule has 3 heterocycles. The third-order valence-electron chi connectivity index (χ3n) is 4.58. The van der Waals surface area contributed by atoms with Crippen molar-refractivity contribution in [2.24, 2.45) is 0 Å². The topological polar surface area (TPSA) is 53.6 Å². The van der Waals surface area contributed by atoms with Crippen LogP contribution in [0.1, 0.15) is 17.2 Å². The van der Waals surface area contributed by atoms with Gasteiger partial charge in [-0.1, -0.05) is 24.3 Å². The van der Waals surface area contributed by atoms with E-state index in [4.69, 9.17) is 0 Å². The van der Waals surface area contributed by atoms with Gasteiger partial charge in [0.2, 0.25) is 0 Å². The normalized spacial score (nSPS) is 15.5. The van der Waals surface area contributed by atoms with Crippen LogP contribution < -0.4 is 5.32 Å². The second-order valence-corrected chi connectivity index (χ2v) is 5.95. The first-order chi connectivity index (χ1) is 12.2. The molecule has 1 atom stereocenters. The quantitative estimate of drug-likeness (QED) is 0.542. The summed E-state index contributed by atoms with van der Waals surface area (Å²) in [5.74, 6) is -1.19. The van der Waals surface area contributed by atoms with E-state index in [1.165, 1.54) is 24.5 Å². The average Bonchev–Trinajstić information content (AvgIpc) is 2.99. The Morgan fingerprint density at radius 1 is 0.920 bits per heavy atom. The van der Waals surface area contributed by atoms with Crippen LogP contribution in [0.2, 0.25) is 0 Å². The van der Waals surface area contributed by atoms with Gasteiger partial charge < -0.3 is 10.3 Å². The van der Waals surface area contributed by atoms with E-state index in [-0.39, 0.29) is 5.56 Å². The average molecular weight is 334 g/mol. The monoisotopic (exact) mass is 334 g/mol. The van der Waals surface area contributed by atoms with E-state index in [9.17, 15) is 8.78 Å². The van der Waals surface area contributed by atoms with Crippen LogP contribution >= 0.6 is 0 Å². The van der Waals surface area contributed by atoms with Gasteiger partial charge in [-0.25, -0.2) is 18.7 Å². The van der Waals surface area contributed by atoms with Gasteiger partial charge in [0, 0.05) is 23.0 Å². The van der Waals surface area contributed by atoms with Gasteiger partial charge in [-0.05, 0) is 18.2 Å². The highest BCUT2D eigenvalue weighted by atomic mass is 19.1. The molecular weight excluding hydrogens is 322 g/mol. The summed E-state index contributed by atoms with van der Waals surface area (Å²) >= 11 is 0. The summed E-state index contributed by atoms with van der Waals surface area (Å²) in [6.45, 7) is 0. The van der Waals surface area contributed by atoms with E-state index < -0.39 is 17.7 Å². The molecule has 0 fully saturated rings. The molecule has 25 heavy (non-hydrogen) atoms. The molecule has 0 radical (unpaired) electrons. The molecule has 0 bridgehead atoms. The number of H-pyrrole nitrogens is 1. The third-order valence-corrected chi connectivity index (χ3v) is 4.58. The van der Waals surface area contributed by atoms with E-state index in [2.05, 4.69) is 20.3 Å². The number of nitrogens with one attached hydrogen (secondary N) is 2. The molecule has 2 aromatic carbocycles. The molecule has 5 rings (SSSR count). The van der Waals surface area contributed by atoms with Crippen LogP contribution in [-0.2, 0) is 0 Å². The van der Waals surface area contributed by atoms with Gasteiger partial charge in [-0.15, -0.1) is 0 Å². The van der Waals surface area contributed by atoms with E-state index in [1.54, 1.807) is 6.20 Å². The maximum Gasteiger partial charge on any atom is 0.141 e. The maximum absolute atomic E-state index is 14.5. The van der Waals surface area contributed by atoms with Crippen LogP contribution in [0.3, 0.4) is 0 Å². The Morgan fingerprint density at radius 2 is 1.72 bits per heavy atom. The van der Waals surface area contributed by atoms with E-state index >= 15 is 0 Å². The molecule has 2 N–H and O–H groups in total. The van der Waals surface area contributed by atoms with Gasteiger partial charge in [0.25, 0.3) is 0 Å². The Balaban J connectivity index is 1.88. The van der Waals surface area contributed by atoms with Gasteiger partial charge in [-0.3, -0.25) is 0 Å². The summed E-state index contributed by atoms with van der Waals surface area (Å²) in [5, 5.41) is 4.05. The fourth-order valence-corrected chi connectivity index (χ4v) is 3.48. The number of rotatable bonds is 1. The predicted molar refractivity (Wildman–Crippen MR) is 91.1 cm³/mol. The molecule has 1 aliphatic rings. The molecule has 6 heteroatoms. The van der Waals surface area contributed by atoms with Gasteiger partial charge in [-0.2, -0.15) is 0 Å². The SMILES string of the molecule is Fc1cccc(F)c1C1Nc2ccccc2-c2ncnc3[nH]cc1c23. The molecule has 0 amide bonds. The number of nitrogens with zero attached hydrogens (tertiary/aromatic N) is 2. The van der Waals surface area contributed by atoms with Crippen molar-refractivity contribution in [3.63, 3.8) is 0 Å². The number of benzene rings is 2. The minimum Gasteiger partial charge on any atom is -0.373 e. The third kappa shape index (κ3) is 1.97. The highest BCUT2D eigenvalue weighted by Gasteiger charge is 2.30. The van der Waals surface area contributed by atoms with Crippen LogP contribution in [-0.4, -0.2) is 15.0 Å². The molecular formula is C19H12F2N4. The smallest absolute Gasteiger partial charge is 0.141 e. The lowest BCUT2D eigenvalue weighted by atomic mass is 9.97. The molecule has 122 valence electrons. The minimum atomic E-state index is -0.691. The van der Waals surface area contributed by atoms with Gasteiger partial charge in [0.15, 0.2) is 0 Å². The number of hydrogen-bond acceptors (Lipinski definition) is 3. The Hall–Kier alpha value is -3.28. The van der Waals surface area contributed by atoms with Crippen molar-refractivity contribution in [1.29, 1.82) is 0 Å². The summed E-state index contributed by atoms with van der Waals surface area (Å²) < 4.78 is 29.0. The summed E-state index contributed by atoms with van der Waals surface area (Å²) in [6, 6.07) is 10.8. The zero-order valence-corrected chi connectivity index (χ0v) is 12.9. The zero-order chi connectivity index (χ0) is 17.0. The standard InChI is InChI=1S/C19H12F2N4/c20-12-5-3-6-13(21)16(12)18-11-8-22-19-15(11)17(23-9-24-19)10-4-1-2-7-14(10)25-18/h1-9,18,25H,(H,22,23,24). The van der Waals surface area contributed by atoms with Crippen LogP contribution in [0.25, 0.3) is 22.3 Å². The molecule has 0 saturated heterocycles. The number of aromatic amines is 1. The fraction of sp³-hybridized carbons (Fsp3) is 0.0526. The summed E-state index contributed by atoms with van der Waals surface area (Å²) in [6.07, 6.45) is 3.22. The Morgan fingerprint density at radius 3 is 2.56 bits per heavy atom. The van der Waals surface area contributed by atoms with Crippen molar-refractivity contribution in [3.05, 3.63) is 77.8 Å². The molecule has 2 aromatic heterocycles. The van der Waals surface area contributed by atoms with E-state index in [0.717, 1.165) is 22.3 Å². The van der Waals surface area contributed by atoms with Gasteiger partial charge in [0.05, 0.1) is 22.7 Å². The van der Waals surface area contributed by atoms with Crippen LogP contribution in [0.5, 0.6) is 0 Å². The maximum atomic E-state index is 14.5. The number of aromatic nitrogens is 3. The number of anilines is 1. The first-order valence-electron chi connectivity index (χ1n) is 7.86. The first kappa shape index (κ1) is 14.1. The van der Waals surface area contributed by atoms with Gasteiger partial charge >= 0.3 is 0 Å². The second kappa shape index (κ2) is 5.11. The highest BCUT2D eigenvalue weighted by Crippen LogP contribution is 2.43. The molecule has 1 unspecified atom stereocenters. The van der Waals surface area contributed by atoms with Crippen molar-refractivity contribution in [3.8, 4) is 11.3 Å². The molecule has 0 saturated carbocycles. The lowest BCUT2D eigenvalue weighted by Crippen LogP contribution is -2.15. The number of hydrogen-bond donors (Lipinski definition) is 2. The summed E-state index contributed by atoms with van der Waals surface area (Å²) in [5.41, 5.74) is 3.71. The van der Waals surface area contributed by atoms with Crippen LogP contribution in [0.4, 0.5) is 14.5 Å². The largest absolute Gasteiger partial charge is 0.373 e.